The van der Waals surface area contributed by atoms with Crippen molar-refractivity contribution in [3.05, 3.63) is 103 Å². The summed E-state index contributed by atoms with van der Waals surface area (Å²) in [4.78, 5) is 21.7. The zero-order valence-corrected chi connectivity index (χ0v) is 22.8. The summed E-state index contributed by atoms with van der Waals surface area (Å²) in [5.74, 6) is 0.754. The summed E-state index contributed by atoms with van der Waals surface area (Å²) >= 11 is 5.00. The van der Waals surface area contributed by atoms with Crippen LogP contribution < -0.4 is 5.56 Å². The maximum absolute atomic E-state index is 13.6. The van der Waals surface area contributed by atoms with Crippen LogP contribution in [0.15, 0.2) is 75.3 Å². The number of aromatic nitrogens is 2. The largest absolute Gasteiger partial charge is 0.633 e. The first kappa shape index (κ1) is 25.7. The van der Waals surface area contributed by atoms with Crippen LogP contribution in [-0.4, -0.2) is 46.3 Å². The van der Waals surface area contributed by atoms with Gasteiger partial charge in [0.05, 0.1) is 38.6 Å². The van der Waals surface area contributed by atoms with Crippen molar-refractivity contribution in [2.45, 2.75) is 32.5 Å². The molecule has 2 aromatic carbocycles. The van der Waals surface area contributed by atoms with Crippen LogP contribution in [0.4, 0.5) is 0 Å². The molecule has 0 aliphatic heterocycles. The van der Waals surface area contributed by atoms with E-state index < -0.39 is 0 Å². The third-order valence-corrected chi connectivity index (χ3v) is 7.48. The van der Waals surface area contributed by atoms with Gasteiger partial charge in [-0.1, -0.05) is 65.3 Å². The topological polar surface area (TPSA) is 61.2 Å². The summed E-state index contributed by atoms with van der Waals surface area (Å²) in [5, 5.41) is 15.1. The number of thiophene rings is 1. The van der Waals surface area contributed by atoms with Gasteiger partial charge in [-0.3, -0.25) is 14.3 Å². The zero-order chi connectivity index (χ0) is 25.0. The van der Waals surface area contributed by atoms with Crippen molar-refractivity contribution in [2.24, 2.45) is 0 Å². The third kappa shape index (κ3) is 6.45. The Kier molecular flexibility index (Phi) is 8.19. The molecule has 0 saturated heterocycles. The number of quaternary nitrogens is 1. The number of fused-ring (bicyclic) bond motifs is 1. The summed E-state index contributed by atoms with van der Waals surface area (Å²) < 4.78 is 2.48. The molecule has 0 N–H and O–H groups in total. The molecule has 4 aromatic rings. The minimum absolute atomic E-state index is 0.0166. The van der Waals surface area contributed by atoms with Gasteiger partial charge in [-0.05, 0) is 41.1 Å². The number of nitrogens with zero attached hydrogens (tertiary/aromatic N) is 4. The number of hydrogen-bond acceptors (Lipinski definition) is 5. The van der Waals surface area contributed by atoms with Gasteiger partial charge in [-0.25, -0.2) is 4.98 Å². The minimum atomic E-state index is -0.374. The van der Waals surface area contributed by atoms with Crippen molar-refractivity contribution in [3.8, 4) is 0 Å². The van der Waals surface area contributed by atoms with Gasteiger partial charge < -0.3 is 9.85 Å². The van der Waals surface area contributed by atoms with E-state index in [9.17, 15) is 10.0 Å². The van der Waals surface area contributed by atoms with E-state index in [1.807, 2.05) is 58.5 Å². The SMILES string of the molecule is CCC(c1nc2sccc2c(=O)n1Cc1ccccc1)N(CC[N+](C)(C)[O-])Cc1ccc(Br)cc1. The van der Waals surface area contributed by atoms with Crippen LogP contribution in [0.1, 0.15) is 36.3 Å². The van der Waals surface area contributed by atoms with E-state index in [0.717, 1.165) is 32.7 Å². The smallest absolute Gasteiger partial charge is 0.262 e. The Labute approximate surface area is 218 Å². The standard InChI is InChI=1S/C27H31BrN4O2S/c1-4-24(30(15-16-32(2,3)34)18-21-10-12-22(28)13-11-21)25-29-26-23(14-17-35-26)27(33)31(25)19-20-8-6-5-7-9-20/h5-14,17,24H,4,15-16,18-19H2,1-3H3. The molecule has 8 heteroatoms. The Bertz CT molecular complexity index is 1310. The first-order chi connectivity index (χ1) is 16.7. The summed E-state index contributed by atoms with van der Waals surface area (Å²) in [7, 11) is 3.33. The lowest BCUT2D eigenvalue weighted by Crippen LogP contribution is -2.43. The molecule has 0 bridgehead atoms. The Morgan fingerprint density at radius 2 is 1.80 bits per heavy atom. The van der Waals surface area contributed by atoms with Gasteiger partial charge in [-0.2, -0.15) is 0 Å². The molecule has 2 aromatic heterocycles. The van der Waals surface area contributed by atoms with E-state index in [0.29, 0.717) is 31.6 Å². The van der Waals surface area contributed by atoms with Gasteiger partial charge in [0.1, 0.15) is 10.7 Å². The van der Waals surface area contributed by atoms with Gasteiger partial charge in [0.15, 0.2) is 0 Å². The van der Waals surface area contributed by atoms with E-state index in [1.165, 1.54) is 11.3 Å². The van der Waals surface area contributed by atoms with Crippen molar-refractivity contribution < 1.29 is 4.65 Å². The van der Waals surface area contributed by atoms with Crippen LogP contribution in [0.3, 0.4) is 0 Å². The molecule has 2 heterocycles. The van der Waals surface area contributed by atoms with Gasteiger partial charge in [0, 0.05) is 17.6 Å². The third-order valence-electron chi connectivity index (χ3n) is 6.15. The number of hydrogen-bond donors (Lipinski definition) is 0. The van der Waals surface area contributed by atoms with Crippen LogP contribution >= 0.6 is 27.3 Å². The van der Waals surface area contributed by atoms with Crippen LogP contribution in [0.5, 0.6) is 0 Å². The van der Waals surface area contributed by atoms with E-state index in [4.69, 9.17) is 4.98 Å². The van der Waals surface area contributed by atoms with Gasteiger partial charge in [-0.15, -0.1) is 11.3 Å². The second kappa shape index (κ2) is 11.1. The molecule has 4 rings (SSSR count). The molecular weight excluding hydrogens is 524 g/mol. The molecule has 0 spiro atoms. The molecule has 0 saturated carbocycles. The molecule has 0 amide bonds. The Morgan fingerprint density at radius 3 is 2.46 bits per heavy atom. The van der Waals surface area contributed by atoms with Crippen LogP contribution in [0.2, 0.25) is 0 Å². The zero-order valence-electron chi connectivity index (χ0n) is 20.4. The quantitative estimate of drug-likeness (QED) is 0.184. The highest BCUT2D eigenvalue weighted by molar-refractivity contribution is 9.10. The Balaban J connectivity index is 1.79. The Morgan fingerprint density at radius 1 is 1.09 bits per heavy atom. The van der Waals surface area contributed by atoms with Crippen molar-refractivity contribution in [2.75, 3.05) is 27.2 Å². The van der Waals surface area contributed by atoms with Crippen molar-refractivity contribution in [1.82, 2.24) is 14.5 Å². The molecule has 1 unspecified atom stereocenters. The summed E-state index contributed by atoms with van der Waals surface area (Å²) in [6, 6.07) is 20.0. The van der Waals surface area contributed by atoms with E-state index in [1.54, 1.807) is 14.1 Å². The lowest BCUT2D eigenvalue weighted by Gasteiger charge is -2.38. The molecule has 0 aliphatic rings. The lowest BCUT2D eigenvalue weighted by molar-refractivity contribution is -0.839. The molecule has 184 valence electrons. The fraction of sp³-hybridized carbons (Fsp3) is 0.333. The van der Waals surface area contributed by atoms with Crippen molar-refractivity contribution in [3.63, 3.8) is 0 Å². The number of halogens is 1. The van der Waals surface area contributed by atoms with Crippen LogP contribution in [0, 0.1) is 5.21 Å². The molecule has 35 heavy (non-hydrogen) atoms. The first-order valence-electron chi connectivity index (χ1n) is 11.8. The predicted octanol–water partition coefficient (Wildman–Crippen LogP) is 5.80. The molecular formula is C27H31BrN4O2S. The number of benzene rings is 2. The maximum atomic E-state index is 13.6. The second-order valence-electron chi connectivity index (χ2n) is 9.30. The van der Waals surface area contributed by atoms with Crippen LogP contribution in [0.25, 0.3) is 10.2 Å². The van der Waals surface area contributed by atoms with Crippen LogP contribution in [-0.2, 0) is 13.1 Å². The van der Waals surface area contributed by atoms with Gasteiger partial charge in [0.25, 0.3) is 5.56 Å². The number of hydroxylamine groups is 3. The highest BCUT2D eigenvalue weighted by Gasteiger charge is 2.26. The van der Waals surface area contributed by atoms with E-state index >= 15 is 0 Å². The summed E-state index contributed by atoms with van der Waals surface area (Å²) in [6.07, 6.45) is 0.765. The second-order valence-corrected chi connectivity index (χ2v) is 11.1. The maximum Gasteiger partial charge on any atom is 0.262 e. The lowest BCUT2D eigenvalue weighted by atomic mass is 10.1. The molecule has 0 fully saturated rings. The fourth-order valence-electron chi connectivity index (χ4n) is 4.28. The monoisotopic (exact) mass is 554 g/mol. The first-order valence-corrected chi connectivity index (χ1v) is 13.5. The highest BCUT2D eigenvalue weighted by atomic mass is 79.9. The Hall–Kier alpha value is -2.36. The average Bonchev–Trinajstić information content (AvgIpc) is 3.30. The summed E-state index contributed by atoms with van der Waals surface area (Å²) in [6.45, 7) is 4.27. The predicted molar refractivity (Wildman–Crippen MR) is 147 cm³/mol. The van der Waals surface area contributed by atoms with Crippen molar-refractivity contribution >= 4 is 37.5 Å². The van der Waals surface area contributed by atoms with E-state index in [2.05, 4.69) is 39.9 Å². The molecule has 0 radical (unpaired) electrons. The summed E-state index contributed by atoms with van der Waals surface area (Å²) in [5.41, 5.74) is 2.19. The van der Waals surface area contributed by atoms with Crippen molar-refractivity contribution in [1.29, 1.82) is 0 Å². The number of likely N-dealkylation sites (N-methyl/N-ethyl adjacent to an activating group) is 1. The number of rotatable bonds is 10. The molecule has 6 nitrogen and oxygen atoms in total. The molecule has 0 aliphatic carbocycles. The normalized spacial score (nSPS) is 13.0. The van der Waals surface area contributed by atoms with Gasteiger partial charge in [0.2, 0.25) is 0 Å². The fourth-order valence-corrected chi connectivity index (χ4v) is 5.31. The average molecular weight is 556 g/mol. The van der Waals surface area contributed by atoms with E-state index in [-0.39, 0.29) is 16.2 Å². The highest BCUT2D eigenvalue weighted by Crippen LogP contribution is 2.28. The van der Waals surface area contributed by atoms with Gasteiger partial charge >= 0.3 is 0 Å². The minimum Gasteiger partial charge on any atom is -0.633 e. The molecule has 1 atom stereocenters.